The highest BCUT2D eigenvalue weighted by Gasteiger charge is 2.60. The van der Waals surface area contributed by atoms with E-state index < -0.39 is 18.0 Å². The SMILES string of the molecule is C[C@@H](O)[C@H]1C(=O)N2C(C(=O)O)=C(S[C@@H]3CN[C@H](c4ccc(CN)c5ccccc45)C3)[C@H](C)[C@H]12. The van der Waals surface area contributed by atoms with Crippen molar-refractivity contribution in [3.8, 4) is 0 Å². The number of fused-ring (bicyclic) bond motifs is 2. The zero-order chi connectivity index (χ0) is 23.4. The number of hydrogen-bond acceptors (Lipinski definition) is 6. The summed E-state index contributed by atoms with van der Waals surface area (Å²) < 4.78 is 0. The topological polar surface area (TPSA) is 116 Å². The number of carbonyl (C=O) groups is 2. The number of benzene rings is 2. The van der Waals surface area contributed by atoms with E-state index >= 15 is 0 Å². The average Bonchev–Trinajstić information content (AvgIpc) is 3.34. The van der Waals surface area contributed by atoms with Crippen molar-refractivity contribution in [1.29, 1.82) is 0 Å². The lowest BCUT2D eigenvalue weighted by molar-refractivity contribution is -0.163. The first-order chi connectivity index (χ1) is 15.8. The summed E-state index contributed by atoms with van der Waals surface area (Å²) in [4.78, 5) is 26.8. The van der Waals surface area contributed by atoms with Gasteiger partial charge in [0.25, 0.3) is 0 Å². The van der Waals surface area contributed by atoms with Crippen molar-refractivity contribution < 1.29 is 19.8 Å². The highest BCUT2D eigenvalue weighted by molar-refractivity contribution is 8.03. The standard InChI is InChI=1S/C25H29N3O4S/c1-12-21-20(13(2)29)24(30)28(21)22(25(31)32)23(12)33-15-9-19(27-11-15)18-8-7-14(10-26)16-5-3-4-6-17(16)18/h3-8,12-13,15,19-21,27,29H,9-11,26H2,1-2H3,(H,31,32)/t12-,13-,15+,19+,20-,21-/m1/s1. The van der Waals surface area contributed by atoms with Crippen LogP contribution in [0.4, 0.5) is 0 Å². The monoisotopic (exact) mass is 467 g/mol. The van der Waals surface area contributed by atoms with Gasteiger partial charge in [0.1, 0.15) is 5.70 Å². The van der Waals surface area contributed by atoms with Crippen molar-refractivity contribution in [2.24, 2.45) is 17.6 Å². The molecule has 0 aliphatic carbocycles. The molecule has 0 saturated carbocycles. The number of aliphatic carboxylic acids is 1. The van der Waals surface area contributed by atoms with Crippen LogP contribution in [0.15, 0.2) is 47.0 Å². The number of nitrogens with two attached hydrogens (primary N) is 1. The minimum absolute atomic E-state index is 0.0978. The molecule has 2 aromatic carbocycles. The molecule has 2 fully saturated rings. The largest absolute Gasteiger partial charge is 0.477 e. The molecule has 7 nitrogen and oxygen atoms in total. The molecule has 0 spiro atoms. The molecule has 174 valence electrons. The minimum Gasteiger partial charge on any atom is -0.477 e. The van der Waals surface area contributed by atoms with Crippen molar-refractivity contribution >= 4 is 34.4 Å². The van der Waals surface area contributed by atoms with Gasteiger partial charge in [0.2, 0.25) is 5.91 Å². The number of amides is 1. The Balaban J connectivity index is 1.39. The molecule has 0 radical (unpaired) electrons. The molecule has 3 heterocycles. The summed E-state index contributed by atoms with van der Waals surface area (Å²) in [5.74, 6) is -2.00. The van der Waals surface area contributed by atoms with Crippen LogP contribution in [-0.2, 0) is 16.1 Å². The molecule has 6 atom stereocenters. The van der Waals surface area contributed by atoms with Crippen LogP contribution < -0.4 is 11.1 Å². The molecule has 0 bridgehead atoms. The van der Waals surface area contributed by atoms with Crippen LogP contribution in [0.1, 0.15) is 37.4 Å². The van der Waals surface area contributed by atoms with Gasteiger partial charge in [-0.15, -0.1) is 11.8 Å². The Kier molecular flexibility index (Phi) is 5.73. The van der Waals surface area contributed by atoms with Crippen LogP contribution >= 0.6 is 11.8 Å². The fraction of sp³-hybridized carbons (Fsp3) is 0.440. The summed E-state index contributed by atoms with van der Waals surface area (Å²) in [5, 5.41) is 26.1. The van der Waals surface area contributed by atoms with Gasteiger partial charge in [0, 0.05) is 35.2 Å². The molecule has 3 aliphatic rings. The Hall–Kier alpha value is -2.39. The van der Waals surface area contributed by atoms with E-state index in [1.165, 1.54) is 21.2 Å². The molecule has 2 saturated heterocycles. The zero-order valence-corrected chi connectivity index (χ0v) is 19.5. The van der Waals surface area contributed by atoms with Crippen LogP contribution in [0.3, 0.4) is 0 Å². The highest BCUT2D eigenvalue weighted by Crippen LogP contribution is 2.52. The van der Waals surface area contributed by atoms with Gasteiger partial charge in [-0.3, -0.25) is 4.79 Å². The second-order valence-corrected chi connectivity index (χ2v) is 10.6. The normalized spacial score (nSPS) is 30.0. The van der Waals surface area contributed by atoms with Crippen molar-refractivity contribution in [3.63, 3.8) is 0 Å². The molecule has 3 aliphatic heterocycles. The number of aliphatic hydroxyl groups excluding tert-OH is 1. The van der Waals surface area contributed by atoms with Crippen LogP contribution in [0, 0.1) is 11.8 Å². The predicted octanol–water partition coefficient (Wildman–Crippen LogP) is 2.59. The number of nitrogens with one attached hydrogen (secondary N) is 1. The van der Waals surface area contributed by atoms with Crippen molar-refractivity contribution in [2.45, 2.75) is 50.3 Å². The van der Waals surface area contributed by atoms with Crippen molar-refractivity contribution in [1.82, 2.24) is 10.2 Å². The first-order valence-corrected chi connectivity index (χ1v) is 12.3. The maximum Gasteiger partial charge on any atom is 0.353 e. The number of carboxylic acids is 1. The molecule has 0 unspecified atom stereocenters. The number of thioether (sulfide) groups is 1. The lowest BCUT2D eigenvalue weighted by Gasteiger charge is -2.46. The van der Waals surface area contributed by atoms with E-state index in [1.807, 2.05) is 19.1 Å². The molecule has 0 aromatic heterocycles. The fourth-order valence-electron chi connectivity index (χ4n) is 5.75. The molecule has 1 amide bonds. The maximum absolute atomic E-state index is 12.6. The molecular weight excluding hydrogens is 438 g/mol. The zero-order valence-electron chi connectivity index (χ0n) is 18.7. The Bertz CT molecular complexity index is 1160. The minimum atomic E-state index is -1.07. The smallest absolute Gasteiger partial charge is 0.353 e. The van der Waals surface area contributed by atoms with Crippen LogP contribution in [0.25, 0.3) is 10.8 Å². The lowest BCUT2D eigenvalue weighted by Crippen LogP contribution is -2.63. The number of carboxylic acid groups (broad SMARTS) is 1. The third-order valence-electron chi connectivity index (χ3n) is 7.34. The van der Waals surface area contributed by atoms with E-state index in [4.69, 9.17) is 5.73 Å². The van der Waals surface area contributed by atoms with Gasteiger partial charge in [-0.25, -0.2) is 4.79 Å². The molecule has 33 heavy (non-hydrogen) atoms. The summed E-state index contributed by atoms with van der Waals surface area (Å²) in [6, 6.07) is 12.4. The third kappa shape index (κ3) is 3.47. The number of nitrogens with zero attached hydrogens (tertiary/aromatic N) is 1. The summed E-state index contributed by atoms with van der Waals surface area (Å²) in [7, 11) is 0. The predicted molar refractivity (Wildman–Crippen MR) is 128 cm³/mol. The number of carbonyl (C=O) groups excluding carboxylic acids is 1. The van der Waals surface area contributed by atoms with E-state index in [9.17, 15) is 19.8 Å². The van der Waals surface area contributed by atoms with E-state index in [0.717, 1.165) is 23.4 Å². The number of aliphatic hydroxyl groups is 1. The quantitative estimate of drug-likeness (QED) is 0.483. The summed E-state index contributed by atoms with van der Waals surface area (Å²) in [5.41, 5.74) is 8.38. The van der Waals surface area contributed by atoms with Crippen LogP contribution in [0.2, 0.25) is 0 Å². The maximum atomic E-state index is 12.6. The Morgan fingerprint density at radius 1 is 1.27 bits per heavy atom. The lowest BCUT2D eigenvalue weighted by atomic mass is 9.79. The van der Waals surface area contributed by atoms with E-state index in [2.05, 4.69) is 29.6 Å². The Labute approximate surface area is 197 Å². The van der Waals surface area contributed by atoms with E-state index in [0.29, 0.717) is 6.54 Å². The highest BCUT2D eigenvalue weighted by atomic mass is 32.2. The van der Waals surface area contributed by atoms with Crippen LogP contribution in [0.5, 0.6) is 0 Å². The van der Waals surface area contributed by atoms with Gasteiger partial charge in [-0.2, -0.15) is 0 Å². The van der Waals surface area contributed by atoms with Gasteiger partial charge in [-0.05, 0) is 35.2 Å². The molecule has 2 aromatic rings. The van der Waals surface area contributed by atoms with Crippen molar-refractivity contribution in [3.05, 3.63) is 58.1 Å². The number of β-lactam (4-membered cyclic amide) rings is 1. The summed E-state index contributed by atoms with van der Waals surface area (Å²) in [6.07, 6.45) is 0.0703. The van der Waals surface area contributed by atoms with Gasteiger partial charge in [-0.1, -0.05) is 43.3 Å². The third-order valence-corrected chi connectivity index (χ3v) is 8.85. The fourth-order valence-corrected chi connectivity index (χ4v) is 7.23. The molecule has 5 rings (SSSR count). The second-order valence-electron chi connectivity index (χ2n) is 9.27. The van der Waals surface area contributed by atoms with Gasteiger partial charge < -0.3 is 26.2 Å². The Morgan fingerprint density at radius 2 is 2.00 bits per heavy atom. The first-order valence-electron chi connectivity index (χ1n) is 11.4. The molecule has 5 N–H and O–H groups in total. The van der Waals surface area contributed by atoms with Crippen LogP contribution in [-0.4, -0.2) is 50.9 Å². The Morgan fingerprint density at radius 3 is 2.67 bits per heavy atom. The molecular formula is C25H29N3O4S. The number of rotatable bonds is 6. The average molecular weight is 468 g/mol. The van der Waals surface area contributed by atoms with Gasteiger partial charge in [0.15, 0.2) is 0 Å². The van der Waals surface area contributed by atoms with Gasteiger partial charge >= 0.3 is 5.97 Å². The number of hydrogen-bond donors (Lipinski definition) is 4. The summed E-state index contributed by atoms with van der Waals surface area (Å²) in [6.45, 7) is 4.82. The van der Waals surface area contributed by atoms with E-state index in [1.54, 1.807) is 18.7 Å². The first kappa shape index (κ1) is 22.4. The van der Waals surface area contributed by atoms with Gasteiger partial charge in [0.05, 0.1) is 18.1 Å². The molecule has 8 heteroatoms. The van der Waals surface area contributed by atoms with E-state index in [-0.39, 0.29) is 34.9 Å². The second kappa shape index (κ2) is 8.43. The summed E-state index contributed by atoms with van der Waals surface area (Å²) >= 11 is 1.57. The van der Waals surface area contributed by atoms with Crippen molar-refractivity contribution in [2.75, 3.05) is 6.54 Å².